The normalized spacial score (nSPS) is 18.3. The van der Waals surface area contributed by atoms with Crippen molar-refractivity contribution in [1.82, 2.24) is 0 Å². The maximum atomic E-state index is 6.52. The summed E-state index contributed by atoms with van der Waals surface area (Å²) in [5, 5.41) is 2.69. The van der Waals surface area contributed by atoms with E-state index in [1.165, 1.54) is 47.6 Å². The summed E-state index contributed by atoms with van der Waals surface area (Å²) in [6.07, 6.45) is 5.29. The Kier molecular flexibility index (Phi) is 3.09. The van der Waals surface area contributed by atoms with Gasteiger partial charge in [-0.3, -0.25) is 0 Å². The highest BCUT2D eigenvalue weighted by Crippen LogP contribution is 2.37. The fourth-order valence-electron chi connectivity index (χ4n) is 3.33. The summed E-state index contributed by atoms with van der Waals surface area (Å²) < 4.78 is 0. The average molecular weight is 239 g/mol. The molecule has 0 unspecified atom stereocenters. The molecule has 0 bridgehead atoms. The molecule has 0 aromatic heterocycles. The first kappa shape index (κ1) is 11.7. The molecule has 0 spiro atoms. The number of benzene rings is 2. The van der Waals surface area contributed by atoms with E-state index in [0.717, 1.165) is 0 Å². The molecule has 0 heterocycles. The molecule has 0 amide bonds. The molecule has 0 aliphatic heterocycles. The topological polar surface area (TPSA) is 26.0 Å². The lowest BCUT2D eigenvalue weighted by Gasteiger charge is -2.21. The smallest absolute Gasteiger partial charge is 0.0329 e. The zero-order chi connectivity index (χ0) is 12.5. The number of fused-ring (bicyclic) bond motifs is 1. The Morgan fingerprint density at radius 3 is 2.39 bits per heavy atom. The summed E-state index contributed by atoms with van der Waals surface area (Å²) in [6.45, 7) is 2.17. The Morgan fingerprint density at radius 1 is 1.00 bits per heavy atom. The van der Waals surface area contributed by atoms with Gasteiger partial charge in [-0.2, -0.15) is 0 Å². The van der Waals surface area contributed by atoms with Gasteiger partial charge >= 0.3 is 0 Å². The van der Waals surface area contributed by atoms with Crippen LogP contribution in [0.25, 0.3) is 10.8 Å². The van der Waals surface area contributed by atoms with Crippen LogP contribution in [0.15, 0.2) is 36.4 Å². The van der Waals surface area contributed by atoms with Crippen molar-refractivity contribution in [3.63, 3.8) is 0 Å². The highest BCUT2D eigenvalue weighted by atomic mass is 14.7. The van der Waals surface area contributed by atoms with Crippen LogP contribution in [-0.4, -0.2) is 0 Å². The summed E-state index contributed by atoms with van der Waals surface area (Å²) in [6, 6.07) is 13.3. The van der Waals surface area contributed by atoms with Gasteiger partial charge in [-0.25, -0.2) is 0 Å². The molecule has 0 radical (unpaired) electrons. The van der Waals surface area contributed by atoms with E-state index in [4.69, 9.17) is 5.73 Å². The van der Waals surface area contributed by atoms with Crippen LogP contribution in [0.4, 0.5) is 0 Å². The van der Waals surface area contributed by atoms with Gasteiger partial charge in [0, 0.05) is 6.04 Å². The first-order valence-electron chi connectivity index (χ1n) is 7.01. The quantitative estimate of drug-likeness (QED) is 0.829. The number of nitrogens with two attached hydrogens (primary N) is 1. The van der Waals surface area contributed by atoms with Crippen molar-refractivity contribution in [2.45, 2.75) is 38.6 Å². The SMILES string of the molecule is Cc1ccc([C@H](N)C2CCCC2)c2ccccc12. The number of hydrogen-bond donors (Lipinski definition) is 1. The van der Waals surface area contributed by atoms with Crippen molar-refractivity contribution in [3.05, 3.63) is 47.5 Å². The summed E-state index contributed by atoms with van der Waals surface area (Å²) >= 11 is 0. The third-order valence-corrected chi connectivity index (χ3v) is 4.44. The fourth-order valence-corrected chi connectivity index (χ4v) is 3.33. The van der Waals surface area contributed by atoms with Crippen molar-refractivity contribution in [3.8, 4) is 0 Å². The van der Waals surface area contributed by atoms with Crippen molar-refractivity contribution < 1.29 is 0 Å². The lowest BCUT2D eigenvalue weighted by molar-refractivity contribution is 0.447. The molecular formula is C17H21N. The molecule has 1 aliphatic rings. The lowest BCUT2D eigenvalue weighted by atomic mass is 9.88. The van der Waals surface area contributed by atoms with Gasteiger partial charge in [0.1, 0.15) is 0 Å². The monoisotopic (exact) mass is 239 g/mol. The predicted molar refractivity (Wildman–Crippen MR) is 77.6 cm³/mol. The average Bonchev–Trinajstić information content (AvgIpc) is 2.93. The van der Waals surface area contributed by atoms with Crippen molar-refractivity contribution in [1.29, 1.82) is 0 Å². The molecule has 18 heavy (non-hydrogen) atoms. The molecule has 94 valence electrons. The van der Waals surface area contributed by atoms with Crippen LogP contribution in [0.1, 0.15) is 42.9 Å². The van der Waals surface area contributed by atoms with Crippen LogP contribution < -0.4 is 5.73 Å². The maximum absolute atomic E-state index is 6.52. The second-order valence-corrected chi connectivity index (χ2v) is 5.59. The van der Waals surface area contributed by atoms with Crippen molar-refractivity contribution >= 4 is 10.8 Å². The third kappa shape index (κ3) is 1.93. The molecule has 2 aromatic rings. The summed E-state index contributed by atoms with van der Waals surface area (Å²) in [4.78, 5) is 0. The van der Waals surface area contributed by atoms with Crippen LogP contribution in [0.3, 0.4) is 0 Å². The Labute approximate surface area is 109 Å². The number of hydrogen-bond acceptors (Lipinski definition) is 1. The second kappa shape index (κ2) is 4.74. The molecule has 1 heteroatoms. The standard InChI is InChI=1S/C17H21N/c1-12-10-11-16(15-9-5-4-8-14(12)15)17(18)13-6-2-3-7-13/h4-5,8-11,13,17H,2-3,6-7,18H2,1H3/t17-/m1/s1. The fraction of sp³-hybridized carbons (Fsp3) is 0.412. The lowest BCUT2D eigenvalue weighted by Crippen LogP contribution is -2.19. The van der Waals surface area contributed by atoms with E-state index in [-0.39, 0.29) is 6.04 Å². The number of aryl methyl sites for hydroxylation is 1. The van der Waals surface area contributed by atoms with E-state index in [0.29, 0.717) is 5.92 Å². The van der Waals surface area contributed by atoms with E-state index in [9.17, 15) is 0 Å². The van der Waals surface area contributed by atoms with Crippen molar-refractivity contribution in [2.24, 2.45) is 11.7 Å². The van der Waals surface area contributed by atoms with E-state index in [1.807, 2.05) is 0 Å². The van der Waals surface area contributed by atoms with Gasteiger partial charge in [0.05, 0.1) is 0 Å². The Balaban J connectivity index is 2.08. The number of rotatable bonds is 2. The van der Waals surface area contributed by atoms with Gasteiger partial charge in [0.2, 0.25) is 0 Å². The molecule has 1 nitrogen and oxygen atoms in total. The summed E-state index contributed by atoms with van der Waals surface area (Å²) in [5.74, 6) is 0.677. The predicted octanol–water partition coefficient (Wildman–Crippen LogP) is 4.34. The van der Waals surface area contributed by atoms with Crippen LogP contribution in [0.2, 0.25) is 0 Å². The molecule has 2 N–H and O–H groups in total. The van der Waals surface area contributed by atoms with Crippen LogP contribution >= 0.6 is 0 Å². The van der Waals surface area contributed by atoms with Gasteiger partial charge < -0.3 is 5.73 Å². The van der Waals surface area contributed by atoms with Gasteiger partial charge in [0.25, 0.3) is 0 Å². The van der Waals surface area contributed by atoms with E-state index in [1.54, 1.807) is 0 Å². The minimum atomic E-state index is 0.206. The summed E-state index contributed by atoms with van der Waals surface area (Å²) in [5.41, 5.74) is 9.19. The first-order valence-corrected chi connectivity index (χ1v) is 7.01. The molecule has 1 fully saturated rings. The van der Waals surface area contributed by atoms with E-state index >= 15 is 0 Å². The largest absolute Gasteiger partial charge is 0.324 e. The Bertz CT molecular complexity index is 553. The molecule has 3 rings (SSSR count). The van der Waals surface area contributed by atoms with E-state index < -0.39 is 0 Å². The van der Waals surface area contributed by atoms with Gasteiger partial charge in [-0.1, -0.05) is 49.2 Å². The molecule has 1 saturated carbocycles. The van der Waals surface area contributed by atoms with Crippen LogP contribution in [0.5, 0.6) is 0 Å². The van der Waals surface area contributed by atoms with Crippen LogP contribution in [-0.2, 0) is 0 Å². The van der Waals surface area contributed by atoms with Gasteiger partial charge in [-0.15, -0.1) is 0 Å². The first-order chi connectivity index (χ1) is 8.77. The maximum Gasteiger partial charge on any atom is 0.0329 e. The highest BCUT2D eigenvalue weighted by molar-refractivity contribution is 5.88. The molecule has 1 atom stereocenters. The Hall–Kier alpha value is -1.34. The minimum absolute atomic E-state index is 0.206. The molecular weight excluding hydrogens is 218 g/mol. The zero-order valence-corrected chi connectivity index (χ0v) is 11.0. The van der Waals surface area contributed by atoms with E-state index in [2.05, 4.69) is 43.3 Å². The zero-order valence-electron chi connectivity index (χ0n) is 11.0. The molecule has 0 saturated heterocycles. The molecule has 2 aromatic carbocycles. The summed E-state index contributed by atoms with van der Waals surface area (Å²) in [7, 11) is 0. The second-order valence-electron chi connectivity index (χ2n) is 5.59. The van der Waals surface area contributed by atoms with Crippen molar-refractivity contribution in [2.75, 3.05) is 0 Å². The third-order valence-electron chi connectivity index (χ3n) is 4.44. The Morgan fingerprint density at radius 2 is 1.67 bits per heavy atom. The highest BCUT2D eigenvalue weighted by Gasteiger charge is 2.24. The van der Waals surface area contributed by atoms with Gasteiger partial charge in [-0.05, 0) is 47.6 Å². The minimum Gasteiger partial charge on any atom is -0.324 e. The van der Waals surface area contributed by atoms with Gasteiger partial charge in [0.15, 0.2) is 0 Å². The van der Waals surface area contributed by atoms with Crippen LogP contribution in [0, 0.1) is 12.8 Å². The molecule has 1 aliphatic carbocycles.